The molecule has 7 nitrogen and oxygen atoms in total. The van der Waals surface area contributed by atoms with Crippen LogP contribution in [0.3, 0.4) is 0 Å². The summed E-state index contributed by atoms with van der Waals surface area (Å²) in [5, 5.41) is 7.24. The van der Waals surface area contributed by atoms with Crippen LogP contribution in [-0.4, -0.2) is 48.2 Å². The van der Waals surface area contributed by atoms with E-state index in [9.17, 15) is 8.42 Å². The summed E-state index contributed by atoms with van der Waals surface area (Å²) >= 11 is 0. The lowest BCUT2D eigenvalue weighted by molar-refractivity contribution is 0.0724. The largest absolute Gasteiger partial charge is 0.379 e. The van der Waals surface area contributed by atoms with Gasteiger partial charge >= 0.3 is 10.2 Å². The zero-order valence-electron chi connectivity index (χ0n) is 9.29. The molecule has 17 heavy (non-hydrogen) atoms. The molecule has 0 amide bonds. The van der Waals surface area contributed by atoms with E-state index < -0.39 is 10.2 Å². The Morgan fingerprint density at radius 2 is 2.06 bits per heavy atom. The van der Waals surface area contributed by atoms with Crippen LogP contribution in [0.2, 0.25) is 0 Å². The maximum Gasteiger partial charge on any atom is 0.323 e. The van der Waals surface area contributed by atoms with Gasteiger partial charge in [-0.3, -0.25) is 0 Å². The molecular formula is C9H14N4O3S. The van der Waals surface area contributed by atoms with Gasteiger partial charge in [-0.25, -0.2) is 0 Å². The van der Waals surface area contributed by atoms with Crippen molar-refractivity contribution in [2.75, 3.05) is 26.3 Å². The van der Waals surface area contributed by atoms with Gasteiger partial charge in [0.1, 0.15) is 0 Å². The summed E-state index contributed by atoms with van der Waals surface area (Å²) in [6.07, 6.45) is 1.60. The highest BCUT2D eigenvalue weighted by Gasteiger charge is 2.28. The van der Waals surface area contributed by atoms with Crippen LogP contribution in [0, 0.1) is 0 Å². The molecule has 2 aliphatic rings. The van der Waals surface area contributed by atoms with E-state index in [1.165, 1.54) is 4.31 Å². The van der Waals surface area contributed by atoms with Crippen LogP contribution >= 0.6 is 0 Å². The van der Waals surface area contributed by atoms with Gasteiger partial charge < -0.3 is 10.1 Å². The van der Waals surface area contributed by atoms with Crippen LogP contribution in [0.15, 0.2) is 6.20 Å². The molecule has 1 aromatic rings. The van der Waals surface area contributed by atoms with Gasteiger partial charge in [-0.05, 0) is 0 Å². The van der Waals surface area contributed by atoms with Crippen molar-refractivity contribution in [2.24, 2.45) is 0 Å². The highest BCUT2D eigenvalue weighted by atomic mass is 32.2. The number of nitrogens with zero attached hydrogens (tertiary/aromatic N) is 3. The van der Waals surface area contributed by atoms with E-state index in [1.807, 2.05) is 0 Å². The number of rotatable bonds is 2. The zero-order valence-corrected chi connectivity index (χ0v) is 10.1. The van der Waals surface area contributed by atoms with Crippen LogP contribution in [0.5, 0.6) is 0 Å². The van der Waals surface area contributed by atoms with Gasteiger partial charge in [0.2, 0.25) is 0 Å². The number of fused-ring (bicyclic) bond motifs is 1. The van der Waals surface area contributed by atoms with Crippen molar-refractivity contribution in [3.8, 4) is 0 Å². The second kappa shape index (κ2) is 4.05. The molecule has 3 heterocycles. The minimum atomic E-state index is -3.51. The van der Waals surface area contributed by atoms with Gasteiger partial charge in [-0.15, -0.1) is 0 Å². The summed E-state index contributed by atoms with van der Waals surface area (Å²) in [5.41, 5.74) is 1.78. The topological polar surface area (TPSA) is 76.5 Å². The van der Waals surface area contributed by atoms with Gasteiger partial charge in [-0.1, -0.05) is 0 Å². The Morgan fingerprint density at radius 1 is 1.29 bits per heavy atom. The summed E-state index contributed by atoms with van der Waals surface area (Å²) in [6.45, 7) is 3.01. The number of aromatic nitrogens is 2. The molecular weight excluding hydrogens is 244 g/mol. The third-order valence-electron chi connectivity index (χ3n) is 3.00. The fourth-order valence-corrected chi connectivity index (χ4v) is 3.36. The van der Waals surface area contributed by atoms with Crippen LogP contribution in [0.1, 0.15) is 11.3 Å². The summed E-state index contributed by atoms with van der Waals surface area (Å²) in [7, 11) is -3.51. The molecule has 0 atom stereocenters. The molecule has 0 radical (unpaired) electrons. The third kappa shape index (κ3) is 1.86. The Kier molecular flexibility index (Phi) is 2.66. The maximum absolute atomic E-state index is 12.2. The first-order valence-electron chi connectivity index (χ1n) is 5.54. The first kappa shape index (κ1) is 11.1. The fourth-order valence-electron chi connectivity index (χ4n) is 2.05. The van der Waals surface area contributed by atoms with Crippen LogP contribution in [0.4, 0.5) is 0 Å². The molecule has 1 saturated heterocycles. The van der Waals surface area contributed by atoms with Crippen LogP contribution in [0.25, 0.3) is 0 Å². The van der Waals surface area contributed by atoms with Crippen LogP contribution < -0.4 is 5.32 Å². The predicted octanol–water partition coefficient (Wildman–Crippen LogP) is -1.09. The molecule has 0 bridgehead atoms. The molecule has 0 aromatic carbocycles. The fraction of sp³-hybridized carbons (Fsp3) is 0.667. The molecule has 0 aliphatic carbocycles. The van der Waals surface area contributed by atoms with Gasteiger partial charge in [0.25, 0.3) is 0 Å². The molecule has 1 N–H and O–H groups in total. The van der Waals surface area contributed by atoms with Crippen molar-refractivity contribution in [3.63, 3.8) is 0 Å². The molecule has 0 unspecified atom stereocenters. The summed E-state index contributed by atoms with van der Waals surface area (Å²) in [5.74, 6) is 0. The minimum absolute atomic E-state index is 0.394. The van der Waals surface area contributed by atoms with Gasteiger partial charge in [0.15, 0.2) is 0 Å². The Hall–Kier alpha value is -0.960. The highest BCUT2D eigenvalue weighted by Crippen LogP contribution is 2.16. The number of morpholine rings is 1. The first-order chi connectivity index (χ1) is 8.18. The smallest absolute Gasteiger partial charge is 0.323 e. The lowest BCUT2D eigenvalue weighted by atomic mass is 10.3. The van der Waals surface area contributed by atoms with Crippen molar-refractivity contribution < 1.29 is 13.2 Å². The maximum atomic E-state index is 12.2. The molecule has 2 aliphatic heterocycles. The molecule has 3 rings (SSSR count). The lowest BCUT2D eigenvalue weighted by Gasteiger charge is -2.25. The second-order valence-electron chi connectivity index (χ2n) is 4.10. The standard InChI is InChI=1S/C9H14N4O3S/c14-17(15,12-1-3-16-4-2-12)13-7-8-5-10-6-9(8)11-13/h7,10H,1-6H2. The number of nitrogens with one attached hydrogen (secondary N) is 1. The van der Waals surface area contributed by atoms with Gasteiger partial charge in [0, 0.05) is 37.9 Å². The van der Waals surface area contributed by atoms with E-state index in [-0.39, 0.29) is 0 Å². The van der Waals surface area contributed by atoms with Crippen LogP contribution in [-0.2, 0) is 28.0 Å². The highest BCUT2D eigenvalue weighted by molar-refractivity contribution is 7.87. The van der Waals surface area contributed by atoms with E-state index in [2.05, 4.69) is 10.4 Å². The van der Waals surface area contributed by atoms with E-state index in [0.29, 0.717) is 39.4 Å². The number of hydrogen-bond donors (Lipinski definition) is 1. The Bertz CT molecular complexity index is 497. The SMILES string of the molecule is O=S(=O)(N1CCOCC1)n1cc2c(n1)CNC2. The average Bonchev–Trinajstić information content (AvgIpc) is 2.90. The molecule has 94 valence electrons. The van der Waals surface area contributed by atoms with E-state index >= 15 is 0 Å². The zero-order chi connectivity index (χ0) is 11.9. The molecule has 8 heteroatoms. The molecule has 0 spiro atoms. The van der Waals surface area contributed by atoms with E-state index in [1.54, 1.807) is 6.20 Å². The number of ether oxygens (including phenoxy) is 1. The first-order valence-corrected chi connectivity index (χ1v) is 6.94. The minimum Gasteiger partial charge on any atom is -0.379 e. The van der Waals surface area contributed by atoms with Crippen molar-refractivity contribution in [3.05, 3.63) is 17.5 Å². The monoisotopic (exact) mass is 258 g/mol. The van der Waals surface area contributed by atoms with Crippen molar-refractivity contribution in [2.45, 2.75) is 13.1 Å². The average molecular weight is 258 g/mol. The molecule has 1 aromatic heterocycles. The van der Waals surface area contributed by atoms with E-state index in [4.69, 9.17) is 4.74 Å². The Labute approximate surface area is 99.5 Å². The Morgan fingerprint density at radius 3 is 2.76 bits per heavy atom. The number of hydrogen-bond acceptors (Lipinski definition) is 5. The quantitative estimate of drug-likeness (QED) is 0.729. The summed E-state index contributed by atoms with van der Waals surface area (Å²) in [4.78, 5) is 0. The summed E-state index contributed by atoms with van der Waals surface area (Å²) < 4.78 is 32.1. The molecule has 0 saturated carbocycles. The third-order valence-corrected chi connectivity index (χ3v) is 4.67. The summed E-state index contributed by atoms with van der Waals surface area (Å²) in [6, 6.07) is 0. The van der Waals surface area contributed by atoms with Crippen molar-refractivity contribution in [1.82, 2.24) is 18.8 Å². The second-order valence-corrected chi connectivity index (χ2v) is 5.88. The predicted molar refractivity (Wildman–Crippen MR) is 59.5 cm³/mol. The van der Waals surface area contributed by atoms with Gasteiger partial charge in [-0.2, -0.15) is 21.9 Å². The Balaban J connectivity index is 1.90. The normalized spacial score (nSPS) is 21.6. The van der Waals surface area contributed by atoms with Crippen molar-refractivity contribution >= 4 is 10.2 Å². The lowest BCUT2D eigenvalue weighted by Crippen LogP contribution is -2.43. The molecule has 1 fully saturated rings. The van der Waals surface area contributed by atoms with Crippen molar-refractivity contribution in [1.29, 1.82) is 0 Å². The van der Waals surface area contributed by atoms with Gasteiger partial charge in [0.05, 0.1) is 18.9 Å². The van der Waals surface area contributed by atoms with E-state index in [0.717, 1.165) is 15.3 Å².